The average molecular weight is 715 g/mol. The fourth-order valence-corrected chi connectivity index (χ4v) is 9.71. The number of anilines is 3. The lowest BCUT2D eigenvalue weighted by molar-refractivity contribution is 0.456. The summed E-state index contributed by atoms with van der Waals surface area (Å²) in [6.07, 6.45) is -2.35. The molecule has 0 N–H and O–H groups in total. The Morgan fingerprint density at radius 2 is 0.891 bits per heavy atom. The van der Waals surface area contributed by atoms with Crippen LogP contribution < -0.4 is 4.90 Å². The number of fused-ring (bicyclic) bond motifs is 11. The average Bonchev–Trinajstić information content (AvgIpc) is 3.43. The Morgan fingerprint density at radius 1 is 0.418 bits per heavy atom. The van der Waals surface area contributed by atoms with Crippen molar-refractivity contribution in [1.82, 2.24) is 15.0 Å². The molecule has 1 aliphatic carbocycles. The molecular formula is C49H32F2N4. The Labute approximate surface area is 316 Å². The van der Waals surface area contributed by atoms with Crippen molar-refractivity contribution in [3.8, 4) is 11.1 Å². The van der Waals surface area contributed by atoms with Crippen LogP contribution in [-0.2, 0) is 10.8 Å². The van der Waals surface area contributed by atoms with Gasteiger partial charge in [0.1, 0.15) is 0 Å². The van der Waals surface area contributed by atoms with E-state index < -0.39 is 23.0 Å². The quantitative estimate of drug-likeness (QED) is 0.171. The van der Waals surface area contributed by atoms with E-state index in [-0.39, 0.29) is 5.95 Å². The Kier molecular flexibility index (Phi) is 6.55. The molecule has 1 aromatic heterocycles. The van der Waals surface area contributed by atoms with E-state index in [1.54, 1.807) is 4.90 Å². The summed E-state index contributed by atoms with van der Waals surface area (Å²) in [6, 6.07) is 55.7. The first kappa shape index (κ1) is 31.7. The number of para-hydroxylation sites is 1. The first-order chi connectivity index (χ1) is 26.9. The predicted molar refractivity (Wildman–Crippen MR) is 216 cm³/mol. The zero-order valence-electron chi connectivity index (χ0n) is 30.1. The van der Waals surface area contributed by atoms with Gasteiger partial charge in [-0.15, -0.1) is 0 Å². The molecule has 0 radical (unpaired) electrons. The molecule has 11 rings (SSSR count). The van der Waals surface area contributed by atoms with Gasteiger partial charge in [0.25, 0.3) is 0 Å². The van der Waals surface area contributed by atoms with Crippen molar-refractivity contribution in [3.05, 3.63) is 203 Å². The molecule has 0 atom stereocenters. The summed E-state index contributed by atoms with van der Waals surface area (Å²) in [6.45, 7) is 4.54. The standard InChI is InChI=1S/C49H32F2N4/c1-48(2)40-26-36-34-22-12-10-20-32(34)31-19-9-11-21-33(31)35(36)25-37(40)38-27-42-44(28-41(38)48)55(47-53-45(50)52-46(51)54-47)43-24-14-13-23-39(43)49(42,29-15-5-3-6-16-29)30-17-7-4-8-18-30/h3-28H,1-2H3. The van der Waals surface area contributed by atoms with Crippen LogP contribution in [0.1, 0.15) is 47.2 Å². The topological polar surface area (TPSA) is 41.9 Å². The van der Waals surface area contributed by atoms with Gasteiger partial charge in [0.15, 0.2) is 0 Å². The largest absolute Gasteiger partial charge is 0.315 e. The van der Waals surface area contributed by atoms with Crippen LogP contribution in [0, 0.1) is 12.2 Å². The number of rotatable bonds is 3. The fourth-order valence-electron chi connectivity index (χ4n) is 9.71. The molecule has 1 aliphatic heterocycles. The van der Waals surface area contributed by atoms with Crippen LogP contribution in [0.2, 0.25) is 0 Å². The van der Waals surface area contributed by atoms with Gasteiger partial charge in [-0.2, -0.15) is 23.7 Å². The van der Waals surface area contributed by atoms with E-state index in [0.29, 0.717) is 0 Å². The number of aromatic nitrogens is 3. The van der Waals surface area contributed by atoms with Crippen LogP contribution >= 0.6 is 0 Å². The van der Waals surface area contributed by atoms with Gasteiger partial charge in [0, 0.05) is 5.41 Å². The molecule has 2 aliphatic rings. The van der Waals surface area contributed by atoms with E-state index in [9.17, 15) is 8.78 Å². The molecular weight excluding hydrogens is 683 g/mol. The molecule has 6 heteroatoms. The van der Waals surface area contributed by atoms with E-state index in [2.05, 4.69) is 156 Å². The van der Waals surface area contributed by atoms with Gasteiger partial charge in [-0.1, -0.05) is 141 Å². The molecule has 0 spiro atoms. The molecule has 9 aromatic rings. The lowest BCUT2D eigenvalue weighted by Crippen LogP contribution is -2.38. The molecule has 0 unspecified atom stereocenters. The maximum atomic E-state index is 15.0. The number of hydrogen-bond acceptors (Lipinski definition) is 4. The first-order valence-electron chi connectivity index (χ1n) is 18.5. The van der Waals surface area contributed by atoms with Gasteiger partial charge < -0.3 is 0 Å². The third-order valence-electron chi connectivity index (χ3n) is 12.0. The van der Waals surface area contributed by atoms with Crippen LogP contribution in [-0.4, -0.2) is 15.0 Å². The van der Waals surface area contributed by atoms with Crippen LogP contribution in [0.5, 0.6) is 0 Å². The Bertz CT molecular complexity index is 2990. The molecule has 2 heterocycles. The van der Waals surface area contributed by atoms with Crippen molar-refractivity contribution in [2.45, 2.75) is 24.7 Å². The number of nitrogens with zero attached hydrogens (tertiary/aromatic N) is 4. The summed E-state index contributed by atoms with van der Waals surface area (Å²) in [5, 5.41) is 7.31. The van der Waals surface area contributed by atoms with E-state index in [0.717, 1.165) is 44.8 Å². The molecule has 55 heavy (non-hydrogen) atoms. The van der Waals surface area contributed by atoms with Crippen molar-refractivity contribution < 1.29 is 8.78 Å². The SMILES string of the molecule is CC1(C)c2cc3c(cc2-c2cc4c5ccccc5c5ccccc5c4cc21)C(c1ccccc1)(c1ccccc1)c1ccccc1N3c1nc(F)nc(F)n1. The van der Waals surface area contributed by atoms with Crippen LogP contribution in [0.25, 0.3) is 43.4 Å². The van der Waals surface area contributed by atoms with Gasteiger partial charge in [-0.25, -0.2) is 0 Å². The maximum absolute atomic E-state index is 15.0. The van der Waals surface area contributed by atoms with Crippen molar-refractivity contribution in [3.63, 3.8) is 0 Å². The van der Waals surface area contributed by atoms with E-state index in [1.165, 1.54) is 43.4 Å². The van der Waals surface area contributed by atoms with E-state index in [4.69, 9.17) is 0 Å². The number of hydrogen-bond donors (Lipinski definition) is 0. The Hall–Kier alpha value is -6.79. The van der Waals surface area contributed by atoms with Gasteiger partial charge in [0.2, 0.25) is 5.95 Å². The highest BCUT2D eigenvalue weighted by Crippen LogP contribution is 2.61. The molecule has 0 saturated heterocycles. The number of benzene rings is 8. The monoisotopic (exact) mass is 714 g/mol. The number of halogens is 2. The summed E-state index contributed by atoms with van der Waals surface area (Å²) >= 11 is 0. The van der Waals surface area contributed by atoms with Crippen molar-refractivity contribution in [2.75, 3.05) is 4.90 Å². The van der Waals surface area contributed by atoms with Gasteiger partial charge in [-0.05, 0) is 107 Å². The zero-order chi connectivity index (χ0) is 37.1. The van der Waals surface area contributed by atoms with Crippen molar-refractivity contribution in [2.24, 2.45) is 0 Å². The maximum Gasteiger partial charge on any atom is 0.315 e. The smallest absolute Gasteiger partial charge is 0.278 e. The highest BCUT2D eigenvalue weighted by molar-refractivity contribution is 6.26. The van der Waals surface area contributed by atoms with Gasteiger partial charge in [0.05, 0.1) is 16.8 Å². The first-order valence-corrected chi connectivity index (χ1v) is 18.5. The second-order valence-corrected chi connectivity index (χ2v) is 15.1. The molecule has 0 fully saturated rings. The van der Waals surface area contributed by atoms with Crippen LogP contribution in [0.15, 0.2) is 158 Å². The predicted octanol–water partition coefficient (Wildman–Crippen LogP) is 12.1. The third kappa shape index (κ3) is 4.28. The third-order valence-corrected chi connectivity index (χ3v) is 12.0. The Balaban J connectivity index is 1.30. The molecule has 0 bridgehead atoms. The van der Waals surface area contributed by atoms with Crippen LogP contribution in [0.3, 0.4) is 0 Å². The second-order valence-electron chi connectivity index (χ2n) is 15.1. The van der Waals surface area contributed by atoms with E-state index in [1.807, 2.05) is 30.3 Å². The zero-order valence-corrected chi connectivity index (χ0v) is 30.1. The summed E-state index contributed by atoms with van der Waals surface area (Å²) in [5.41, 5.74) is 8.88. The summed E-state index contributed by atoms with van der Waals surface area (Å²) < 4.78 is 29.9. The highest BCUT2D eigenvalue weighted by atomic mass is 19.1. The molecule has 262 valence electrons. The summed E-state index contributed by atoms with van der Waals surface area (Å²) in [4.78, 5) is 13.3. The molecule has 8 aromatic carbocycles. The molecule has 4 nitrogen and oxygen atoms in total. The summed E-state index contributed by atoms with van der Waals surface area (Å²) in [5.74, 6) is -0.120. The lowest BCUT2D eigenvalue weighted by atomic mass is 9.62. The fraction of sp³-hybridized carbons (Fsp3) is 0.0816. The van der Waals surface area contributed by atoms with Crippen molar-refractivity contribution >= 4 is 49.6 Å². The van der Waals surface area contributed by atoms with Gasteiger partial charge >= 0.3 is 12.2 Å². The van der Waals surface area contributed by atoms with E-state index >= 15 is 0 Å². The second kappa shape index (κ2) is 11.4. The normalized spacial score (nSPS) is 14.8. The molecule has 0 saturated carbocycles. The van der Waals surface area contributed by atoms with Crippen molar-refractivity contribution in [1.29, 1.82) is 0 Å². The highest BCUT2D eigenvalue weighted by Gasteiger charge is 2.49. The minimum absolute atomic E-state index is 0.120. The summed E-state index contributed by atoms with van der Waals surface area (Å²) in [7, 11) is 0. The minimum atomic E-state index is -1.18. The van der Waals surface area contributed by atoms with Crippen LogP contribution in [0.4, 0.5) is 26.1 Å². The molecule has 0 amide bonds. The lowest BCUT2D eigenvalue weighted by Gasteiger charge is -2.46. The Morgan fingerprint density at radius 3 is 1.49 bits per heavy atom. The minimum Gasteiger partial charge on any atom is -0.278 e. The van der Waals surface area contributed by atoms with Gasteiger partial charge in [-0.3, -0.25) is 4.90 Å².